The highest BCUT2D eigenvalue weighted by molar-refractivity contribution is 7.89. The van der Waals surface area contributed by atoms with Crippen molar-refractivity contribution in [1.82, 2.24) is 4.72 Å². The minimum atomic E-state index is -4.09. The topological polar surface area (TPSA) is 136 Å². The van der Waals surface area contributed by atoms with Crippen LogP contribution in [0.25, 0.3) is 0 Å². The van der Waals surface area contributed by atoms with Crippen molar-refractivity contribution in [3.63, 3.8) is 0 Å². The summed E-state index contributed by atoms with van der Waals surface area (Å²) in [6, 6.07) is 2.26. The van der Waals surface area contributed by atoms with Gasteiger partial charge in [-0.15, -0.1) is 0 Å². The van der Waals surface area contributed by atoms with Crippen LogP contribution in [0.3, 0.4) is 0 Å². The molecule has 0 fully saturated rings. The van der Waals surface area contributed by atoms with E-state index < -0.39 is 27.9 Å². The molecule has 1 atom stereocenters. The summed E-state index contributed by atoms with van der Waals surface area (Å²) in [6.45, 7) is 1.53. The van der Waals surface area contributed by atoms with Gasteiger partial charge in [0.25, 0.3) is 5.91 Å². The number of primary amides is 1. The first-order valence-corrected chi connectivity index (χ1v) is 7.44. The van der Waals surface area contributed by atoms with E-state index in [0.717, 1.165) is 6.07 Å². The molecule has 0 aliphatic heterocycles. The number of carboxylic acid groups (broad SMARTS) is 1. The quantitative estimate of drug-likeness (QED) is 0.644. The van der Waals surface area contributed by atoms with Crippen LogP contribution in [-0.2, 0) is 14.8 Å². The van der Waals surface area contributed by atoms with Gasteiger partial charge in [0.2, 0.25) is 10.0 Å². The molecule has 1 amide bonds. The Labute approximate surface area is 122 Å². The average molecular weight is 316 g/mol. The third-order valence-corrected chi connectivity index (χ3v) is 4.22. The fraction of sp³-hybridized carbons (Fsp3) is 0.333. The first kappa shape index (κ1) is 16.9. The Morgan fingerprint density at radius 2 is 2.05 bits per heavy atom. The molecular weight excluding hydrogens is 300 g/mol. The summed E-state index contributed by atoms with van der Waals surface area (Å²) < 4.78 is 31.2. The summed E-state index contributed by atoms with van der Waals surface area (Å²) in [5, 5.41) is 8.89. The fourth-order valence-corrected chi connectivity index (χ4v) is 2.91. The number of aliphatic carboxylic acids is 1. The number of hydrogen-bond donors (Lipinski definition) is 3. The number of sulfonamides is 1. The van der Waals surface area contributed by atoms with Crippen molar-refractivity contribution in [2.45, 2.75) is 24.3 Å². The van der Waals surface area contributed by atoms with Crippen LogP contribution in [0.2, 0.25) is 0 Å². The van der Waals surface area contributed by atoms with E-state index in [1.807, 2.05) is 4.72 Å². The zero-order valence-electron chi connectivity index (χ0n) is 11.5. The Balaban J connectivity index is 3.23. The molecule has 1 aromatic rings. The molecule has 0 aromatic heterocycles. The zero-order chi connectivity index (χ0) is 16.2. The molecule has 0 heterocycles. The molecule has 0 saturated heterocycles. The lowest BCUT2D eigenvalue weighted by atomic mass is 10.2. The molecule has 0 bridgehead atoms. The number of ether oxygens (including phenoxy) is 1. The van der Waals surface area contributed by atoms with Crippen LogP contribution < -0.4 is 15.2 Å². The van der Waals surface area contributed by atoms with Crippen LogP contribution in [-0.4, -0.2) is 38.6 Å². The van der Waals surface area contributed by atoms with Gasteiger partial charge in [0.15, 0.2) is 0 Å². The maximum absolute atomic E-state index is 12.1. The molecular formula is C12H16N2O6S. The first-order valence-electron chi connectivity index (χ1n) is 5.96. The van der Waals surface area contributed by atoms with Gasteiger partial charge in [-0.3, -0.25) is 9.59 Å². The highest BCUT2D eigenvalue weighted by atomic mass is 32.2. The average Bonchev–Trinajstić information content (AvgIpc) is 2.43. The smallest absolute Gasteiger partial charge is 0.321 e. The van der Waals surface area contributed by atoms with Crippen molar-refractivity contribution in [3.05, 3.63) is 23.8 Å². The molecule has 1 unspecified atom stereocenters. The predicted molar refractivity (Wildman–Crippen MR) is 73.5 cm³/mol. The van der Waals surface area contributed by atoms with Gasteiger partial charge in [-0.05, 0) is 24.6 Å². The number of hydrogen-bond acceptors (Lipinski definition) is 5. The number of amides is 1. The lowest BCUT2D eigenvalue weighted by molar-refractivity contribution is -0.139. The Bertz CT molecular complexity index is 656. The minimum absolute atomic E-state index is 0.0768. The lowest BCUT2D eigenvalue weighted by Gasteiger charge is -2.14. The molecule has 4 N–H and O–H groups in total. The SMILES string of the molecule is CCC(NS(=O)(=O)c1ccc(OC)c(C(N)=O)c1)C(=O)O. The van der Waals surface area contributed by atoms with Crippen LogP contribution in [0.15, 0.2) is 23.1 Å². The van der Waals surface area contributed by atoms with Crippen LogP contribution in [0.1, 0.15) is 23.7 Å². The molecule has 8 nitrogen and oxygen atoms in total. The van der Waals surface area contributed by atoms with Crippen molar-refractivity contribution in [2.24, 2.45) is 5.73 Å². The number of carbonyl (C=O) groups is 2. The van der Waals surface area contributed by atoms with Crippen molar-refractivity contribution in [3.8, 4) is 5.75 Å². The highest BCUT2D eigenvalue weighted by Gasteiger charge is 2.25. The van der Waals surface area contributed by atoms with E-state index in [4.69, 9.17) is 15.6 Å². The molecule has 0 aliphatic rings. The Kier molecular flexibility index (Phi) is 5.28. The van der Waals surface area contributed by atoms with Crippen molar-refractivity contribution in [1.29, 1.82) is 0 Å². The van der Waals surface area contributed by atoms with E-state index in [9.17, 15) is 18.0 Å². The third-order valence-electron chi connectivity index (χ3n) is 2.75. The van der Waals surface area contributed by atoms with E-state index in [-0.39, 0.29) is 22.6 Å². The number of carboxylic acids is 1. The Morgan fingerprint density at radius 3 is 2.48 bits per heavy atom. The van der Waals surface area contributed by atoms with Gasteiger partial charge >= 0.3 is 5.97 Å². The number of carbonyl (C=O) groups excluding carboxylic acids is 1. The van der Waals surface area contributed by atoms with Crippen molar-refractivity contribution < 1.29 is 27.9 Å². The van der Waals surface area contributed by atoms with E-state index in [1.54, 1.807) is 0 Å². The normalized spacial score (nSPS) is 12.7. The van der Waals surface area contributed by atoms with Gasteiger partial charge in [-0.1, -0.05) is 6.92 Å². The standard InChI is InChI=1S/C12H16N2O6S/c1-3-9(12(16)17)14-21(18,19)7-4-5-10(20-2)8(6-7)11(13)15/h4-6,9,14H,3H2,1-2H3,(H2,13,15)(H,16,17). The van der Waals surface area contributed by atoms with Crippen molar-refractivity contribution in [2.75, 3.05) is 7.11 Å². The van der Waals surface area contributed by atoms with Crippen LogP contribution in [0.4, 0.5) is 0 Å². The zero-order valence-corrected chi connectivity index (χ0v) is 12.3. The van der Waals surface area contributed by atoms with Gasteiger partial charge in [0, 0.05) is 0 Å². The van der Waals surface area contributed by atoms with E-state index in [0.29, 0.717) is 0 Å². The summed E-state index contributed by atoms with van der Waals surface area (Å²) >= 11 is 0. The second-order valence-corrected chi connectivity index (χ2v) is 5.86. The lowest BCUT2D eigenvalue weighted by Crippen LogP contribution is -2.40. The van der Waals surface area contributed by atoms with Gasteiger partial charge in [-0.25, -0.2) is 8.42 Å². The number of benzene rings is 1. The van der Waals surface area contributed by atoms with Gasteiger partial charge in [-0.2, -0.15) is 4.72 Å². The molecule has 21 heavy (non-hydrogen) atoms. The van der Waals surface area contributed by atoms with Crippen LogP contribution in [0.5, 0.6) is 5.75 Å². The van der Waals surface area contributed by atoms with Gasteiger partial charge in [0.05, 0.1) is 17.6 Å². The molecule has 116 valence electrons. The maximum Gasteiger partial charge on any atom is 0.321 e. The Morgan fingerprint density at radius 1 is 1.43 bits per heavy atom. The summed E-state index contributed by atoms with van der Waals surface area (Å²) in [5.41, 5.74) is 5.04. The molecule has 0 spiro atoms. The van der Waals surface area contributed by atoms with Gasteiger partial charge < -0.3 is 15.6 Å². The fourth-order valence-electron chi connectivity index (χ4n) is 1.61. The molecule has 0 aliphatic carbocycles. The summed E-state index contributed by atoms with van der Waals surface area (Å²) in [5.74, 6) is -2.01. The molecule has 0 radical (unpaired) electrons. The molecule has 9 heteroatoms. The number of nitrogens with one attached hydrogen (secondary N) is 1. The molecule has 0 saturated carbocycles. The van der Waals surface area contributed by atoms with Crippen LogP contribution in [0, 0.1) is 0 Å². The molecule has 1 rings (SSSR count). The van der Waals surface area contributed by atoms with E-state index in [2.05, 4.69) is 0 Å². The number of methoxy groups -OCH3 is 1. The largest absolute Gasteiger partial charge is 0.496 e. The maximum atomic E-state index is 12.1. The van der Waals surface area contributed by atoms with Crippen LogP contribution >= 0.6 is 0 Å². The van der Waals surface area contributed by atoms with Gasteiger partial charge in [0.1, 0.15) is 11.8 Å². The summed E-state index contributed by atoms with van der Waals surface area (Å²) in [4.78, 5) is 21.9. The second-order valence-electron chi connectivity index (χ2n) is 4.15. The first-order chi connectivity index (χ1) is 9.72. The second kappa shape index (κ2) is 6.55. The monoisotopic (exact) mass is 316 g/mol. The Hall–Kier alpha value is -2.13. The van der Waals surface area contributed by atoms with Crippen molar-refractivity contribution >= 4 is 21.9 Å². The number of nitrogens with two attached hydrogens (primary N) is 1. The van der Waals surface area contributed by atoms with E-state index in [1.165, 1.54) is 26.2 Å². The third kappa shape index (κ3) is 3.92. The summed E-state index contributed by atoms with van der Waals surface area (Å²) in [7, 11) is -2.78. The summed E-state index contributed by atoms with van der Waals surface area (Å²) in [6.07, 6.45) is 0.0768. The highest BCUT2D eigenvalue weighted by Crippen LogP contribution is 2.22. The number of rotatable bonds is 7. The van der Waals surface area contributed by atoms with E-state index >= 15 is 0 Å². The molecule has 1 aromatic carbocycles. The predicted octanol–water partition coefficient (Wildman–Crippen LogP) is -0.0644. The minimum Gasteiger partial charge on any atom is -0.496 e.